The fourth-order valence-corrected chi connectivity index (χ4v) is 3.04. The molecule has 0 bridgehead atoms. The number of aromatic carboxylic acids is 1. The van der Waals surface area contributed by atoms with Crippen LogP contribution in [0.25, 0.3) is 0 Å². The molecule has 0 aromatic carbocycles. The van der Waals surface area contributed by atoms with Crippen LogP contribution in [0.1, 0.15) is 16.1 Å². The van der Waals surface area contributed by atoms with Gasteiger partial charge in [-0.1, -0.05) is 0 Å². The number of rotatable bonds is 4. The first-order valence-corrected chi connectivity index (χ1v) is 7.51. The maximum atomic E-state index is 11.2. The summed E-state index contributed by atoms with van der Waals surface area (Å²) in [6.07, 6.45) is 4.57. The van der Waals surface area contributed by atoms with Crippen LogP contribution >= 0.6 is 11.3 Å². The van der Waals surface area contributed by atoms with E-state index in [9.17, 15) is 4.79 Å². The summed E-state index contributed by atoms with van der Waals surface area (Å²) in [5.41, 5.74) is 0.750. The van der Waals surface area contributed by atoms with Crippen molar-refractivity contribution in [3.05, 3.63) is 35.4 Å². The Bertz CT molecular complexity index is 611. The predicted octanol–water partition coefficient (Wildman–Crippen LogP) is 0.953. The molecule has 1 aliphatic heterocycles. The summed E-state index contributed by atoms with van der Waals surface area (Å²) in [6.45, 7) is 4.04. The lowest BCUT2D eigenvalue weighted by atomic mass is 10.2. The number of carboxylic acids is 1. The van der Waals surface area contributed by atoms with Crippen molar-refractivity contribution in [3.63, 3.8) is 0 Å². The van der Waals surface area contributed by atoms with Crippen molar-refractivity contribution in [2.75, 3.05) is 31.1 Å². The molecule has 0 atom stereocenters. The van der Waals surface area contributed by atoms with Gasteiger partial charge in [0.25, 0.3) is 0 Å². The predicted molar refractivity (Wildman–Crippen MR) is 78.6 cm³/mol. The number of anilines is 1. The standard InChI is InChI=1S/C13H15N5O2S/c19-12(20)10-7-14-9-16-11(10)8-17-2-4-18(5-3-17)13-15-1-6-21-13/h1,6-7,9H,2-5,8H2,(H,19,20). The summed E-state index contributed by atoms with van der Waals surface area (Å²) in [4.78, 5) is 27.8. The zero-order chi connectivity index (χ0) is 14.7. The minimum absolute atomic E-state index is 0.180. The fourth-order valence-electron chi connectivity index (χ4n) is 2.34. The summed E-state index contributed by atoms with van der Waals surface area (Å²) < 4.78 is 0. The minimum atomic E-state index is -0.980. The van der Waals surface area contributed by atoms with E-state index in [4.69, 9.17) is 5.11 Å². The molecule has 0 spiro atoms. The highest BCUT2D eigenvalue weighted by atomic mass is 32.1. The Morgan fingerprint density at radius 1 is 1.29 bits per heavy atom. The Hall–Kier alpha value is -2.06. The third-order valence-electron chi connectivity index (χ3n) is 3.46. The number of nitrogens with zero attached hydrogens (tertiary/aromatic N) is 5. The first-order valence-electron chi connectivity index (χ1n) is 6.63. The number of hydrogen-bond acceptors (Lipinski definition) is 7. The third-order valence-corrected chi connectivity index (χ3v) is 4.29. The van der Waals surface area contributed by atoms with Gasteiger partial charge in [-0.3, -0.25) is 4.90 Å². The second kappa shape index (κ2) is 6.15. The van der Waals surface area contributed by atoms with Crippen molar-refractivity contribution in [1.82, 2.24) is 19.9 Å². The molecule has 110 valence electrons. The normalized spacial score (nSPS) is 16.1. The Kier molecular flexibility index (Phi) is 4.07. The molecule has 7 nitrogen and oxygen atoms in total. The molecule has 0 amide bonds. The topological polar surface area (TPSA) is 82.4 Å². The van der Waals surface area contributed by atoms with E-state index in [-0.39, 0.29) is 5.56 Å². The van der Waals surface area contributed by atoms with E-state index in [0.29, 0.717) is 12.2 Å². The highest BCUT2D eigenvalue weighted by Gasteiger charge is 2.21. The molecule has 3 rings (SSSR count). The van der Waals surface area contributed by atoms with Crippen molar-refractivity contribution in [2.24, 2.45) is 0 Å². The van der Waals surface area contributed by atoms with E-state index in [1.807, 2.05) is 11.6 Å². The quantitative estimate of drug-likeness (QED) is 0.900. The smallest absolute Gasteiger partial charge is 0.339 e. The SMILES string of the molecule is O=C(O)c1cncnc1CN1CCN(c2nccs2)CC1. The average Bonchev–Trinajstić information content (AvgIpc) is 3.03. The number of carboxylic acid groups (broad SMARTS) is 1. The van der Waals surface area contributed by atoms with Gasteiger partial charge in [-0.25, -0.2) is 19.7 Å². The summed E-state index contributed by atoms with van der Waals surface area (Å²) in [5.74, 6) is -0.980. The lowest BCUT2D eigenvalue weighted by molar-refractivity contribution is 0.0693. The highest BCUT2D eigenvalue weighted by Crippen LogP contribution is 2.19. The molecule has 1 fully saturated rings. The lowest BCUT2D eigenvalue weighted by Gasteiger charge is -2.34. The number of hydrogen-bond donors (Lipinski definition) is 1. The van der Waals surface area contributed by atoms with Gasteiger partial charge in [0.05, 0.1) is 5.69 Å². The molecule has 3 heterocycles. The van der Waals surface area contributed by atoms with Gasteiger partial charge in [0.15, 0.2) is 5.13 Å². The number of aromatic nitrogens is 3. The molecule has 1 N–H and O–H groups in total. The molecule has 1 saturated heterocycles. The van der Waals surface area contributed by atoms with Crippen LogP contribution in [-0.4, -0.2) is 57.1 Å². The summed E-state index contributed by atoms with van der Waals surface area (Å²) in [6, 6.07) is 0. The third kappa shape index (κ3) is 3.17. The Morgan fingerprint density at radius 2 is 2.10 bits per heavy atom. The Labute approximate surface area is 125 Å². The molecule has 2 aromatic rings. The van der Waals surface area contributed by atoms with Crippen molar-refractivity contribution in [2.45, 2.75) is 6.54 Å². The maximum Gasteiger partial charge on any atom is 0.339 e. The van der Waals surface area contributed by atoms with Crippen LogP contribution in [0, 0.1) is 0 Å². The molecule has 21 heavy (non-hydrogen) atoms. The molecular formula is C13H15N5O2S. The van der Waals surface area contributed by atoms with Gasteiger partial charge in [0.1, 0.15) is 11.9 Å². The minimum Gasteiger partial charge on any atom is -0.478 e. The number of thiazole rings is 1. The molecule has 2 aromatic heterocycles. The molecule has 1 aliphatic rings. The van der Waals surface area contributed by atoms with Gasteiger partial charge in [-0.15, -0.1) is 11.3 Å². The van der Waals surface area contributed by atoms with Gasteiger partial charge in [-0.05, 0) is 0 Å². The van der Waals surface area contributed by atoms with Gasteiger partial charge in [0.2, 0.25) is 0 Å². The lowest BCUT2D eigenvalue weighted by Crippen LogP contribution is -2.46. The van der Waals surface area contributed by atoms with Crippen LogP contribution in [0.2, 0.25) is 0 Å². The van der Waals surface area contributed by atoms with Gasteiger partial charge in [-0.2, -0.15) is 0 Å². The maximum absolute atomic E-state index is 11.2. The zero-order valence-electron chi connectivity index (χ0n) is 11.3. The molecular weight excluding hydrogens is 290 g/mol. The molecule has 0 aliphatic carbocycles. The van der Waals surface area contributed by atoms with E-state index in [1.54, 1.807) is 11.3 Å². The van der Waals surface area contributed by atoms with Crippen molar-refractivity contribution >= 4 is 22.4 Å². The van der Waals surface area contributed by atoms with Crippen LogP contribution in [0.5, 0.6) is 0 Å². The van der Waals surface area contributed by atoms with Crippen LogP contribution < -0.4 is 4.90 Å². The van der Waals surface area contributed by atoms with Crippen LogP contribution in [-0.2, 0) is 6.54 Å². The van der Waals surface area contributed by atoms with Crippen molar-refractivity contribution in [1.29, 1.82) is 0 Å². The summed E-state index contributed by atoms with van der Waals surface area (Å²) in [7, 11) is 0. The van der Waals surface area contributed by atoms with Crippen molar-refractivity contribution < 1.29 is 9.90 Å². The van der Waals surface area contributed by atoms with Crippen molar-refractivity contribution in [3.8, 4) is 0 Å². The Morgan fingerprint density at radius 3 is 2.76 bits per heavy atom. The molecule has 0 unspecified atom stereocenters. The van der Waals surface area contributed by atoms with E-state index in [2.05, 4.69) is 24.8 Å². The summed E-state index contributed by atoms with van der Waals surface area (Å²) >= 11 is 1.64. The molecule has 8 heteroatoms. The highest BCUT2D eigenvalue weighted by molar-refractivity contribution is 7.13. The van der Waals surface area contributed by atoms with Crippen LogP contribution in [0.15, 0.2) is 24.1 Å². The van der Waals surface area contributed by atoms with Gasteiger partial charge in [0, 0.05) is 50.5 Å². The van der Waals surface area contributed by atoms with Gasteiger partial charge < -0.3 is 10.0 Å². The zero-order valence-corrected chi connectivity index (χ0v) is 12.2. The number of piperazine rings is 1. The second-order valence-electron chi connectivity index (χ2n) is 4.77. The largest absolute Gasteiger partial charge is 0.478 e. The van der Waals surface area contributed by atoms with E-state index in [0.717, 1.165) is 31.3 Å². The van der Waals surface area contributed by atoms with E-state index in [1.165, 1.54) is 12.5 Å². The second-order valence-corrected chi connectivity index (χ2v) is 5.64. The first-order chi connectivity index (χ1) is 10.2. The van der Waals surface area contributed by atoms with Crippen LogP contribution in [0.4, 0.5) is 5.13 Å². The number of carbonyl (C=O) groups is 1. The first kappa shape index (κ1) is 13.9. The summed E-state index contributed by atoms with van der Waals surface area (Å²) in [5, 5.41) is 12.2. The van der Waals surface area contributed by atoms with E-state index >= 15 is 0 Å². The fraction of sp³-hybridized carbons (Fsp3) is 0.385. The average molecular weight is 305 g/mol. The van der Waals surface area contributed by atoms with Crippen LogP contribution in [0.3, 0.4) is 0 Å². The Balaban J connectivity index is 1.62. The molecule has 0 saturated carbocycles. The monoisotopic (exact) mass is 305 g/mol. The van der Waals surface area contributed by atoms with Gasteiger partial charge >= 0.3 is 5.97 Å². The molecule has 0 radical (unpaired) electrons. The van der Waals surface area contributed by atoms with E-state index < -0.39 is 5.97 Å².